The van der Waals surface area contributed by atoms with Crippen molar-refractivity contribution >= 4 is 0 Å². The predicted octanol–water partition coefficient (Wildman–Crippen LogP) is 2.74. The van der Waals surface area contributed by atoms with E-state index in [1.54, 1.807) is 12.4 Å². The standard InChI is InChI=1S/C17H14N2O/c1-13-9-16(10-13)20-17-18-11-15(12-19-17)8-7-14-5-3-2-4-6-14/h1-6,11-13,16H,9-10H2/t13-,16-. The predicted molar refractivity (Wildman–Crippen MR) is 75.9 cm³/mol. The molecule has 0 bridgehead atoms. The summed E-state index contributed by atoms with van der Waals surface area (Å²) in [7, 11) is 0. The van der Waals surface area contributed by atoms with Gasteiger partial charge in [-0.15, -0.1) is 0 Å². The van der Waals surface area contributed by atoms with Crippen LogP contribution in [0, 0.1) is 24.7 Å². The molecule has 3 heteroatoms. The Balaban J connectivity index is 1.63. The lowest BCUT2D eigenvalue weighted by Crippen LogP contribution is -2.32. The van der Waals surface area contributed by atoms with Gasteiger partial charge < -0.3 is 4.74 Å². The molecule has 1 aliphatic carbocycles. The minimum absolute atomic E-state index is 0.159. The van der Waals surface area contributed by atoms with Gasteiger partial charge in [0.05, 0.1) is 5.56 Å². The number of rotatable bonds is 2. The maximum Gasteiger partial charge on any atom is 0.316 e. The Hall–Kier alpha value is -2.34. The van der Waals surface area contributed by atoms with Gasteiger partial charge in [-0.2, -0.15) is 0 Å². The van der Waals surface area contributed by atoms with Crippen LogP contribution in [0.2, 0.25) is 0 Å². The summed E-state index contributed by atoms with van der Waals surface area (Å²) in [5.74, 6) is 6.35. The van der Waals surface area contributed by atoms with Crippen molar-refractivity contribution in [3.05, 3.63) is 60.8 Å². The zero-order valence-corrected chi connectivity index (χ0v) is 11.0. The summed E-state index contributed by atoms with van der Waals surface area (Å²) in [6.45, 7) is 5.70. The highest BCUT2D eigenvalue weighted by atomic mass is 16.5. The van der Waals surface area contributed by atoms with Crippen molar-refractivity contribution in [1.82, 2.24) is 9.97 Å². The van der Waals surface area contributed by atoms with E-state index in [2.05, 4.69) is 21.8 Å². The lowest BCUT2D eigenvalue weighted by atomic mass is 9.84. The first kappa shape index (κ1) is 12.7. The van der Waals surface area contributed by atoms with Gasteiger partial charge in [-0.05, 0) is 37.8 Å². The summed E-state index contributed by atoms with van der Waals surface area (Å²) in [6.07, 6.45) is 5.26. The highest BCUT2D eigenvalue weighted by Gasteiger charge is 2.27. The van der Waals surface area contributed by atoms with Gasteiger partial charge in [0.2, 0.25) is 0 Å². The highest BCUT2D eigenvalue weighted by Crippen LogP contribution is 2.28. The van der Waals surface area contributed by atoms with Crippen LogP contribution in [0.5, 0.6) is 6.01 Å². The molecule has 0 saturated heterocycles. The van der Waals surface area contributed by atoms with E-state index in [0.717, 1.165) is 24.0 Å². The quantitative estimate of drug-likeness (QED) is 0.781. The molecular weight excluding hydrogens is 248 g/mol. The van der Waals surface area contributed by atoms with Crippen molar-refractivity contribution in [2.24, 2.45) is 5.92 Å². The third kappa shape index (κ3) is 3.16. The summed E-state index contributed by atoms with van der Waals surface area (Å²) >= 11 is 0. The number of hydrogen-bond donors (Lipinski definition) is 0. The summed E-state index contributed by atoms with van der Waals surface area (Å²) in [4.78, 5) is 8.32. The summed E-state index contributed by atoms with van der Waals surface area (Å²) < 4.78 is 5.59. The van der Waals surface area contributed by atoms with Crippen molar-refractivity contribution in [2.45, 2.75) is 18.9 Å². The first-order valence-corrected chi connectivity index (χ1v) is 6.61. The second-order valence-corrected chi connectivity index (χ2v) is 4.84. The lowest BCUT2D eigenvalue weighted by molar-refractivity contribution is 0.0754. The van der Waals surface area contributed by atoms with Crippen LogP contribution in [-0.4, -0.2) is 16.1 Å². The van der Waals surface area contributed by atoms with Gasteiger partial charge in [0, 0.05) is 18.0 Å². The topological polar surface area (TPSA) is 35.0 Å². The summed E-state index contributed by atoms with van der Waals surface area (Å²) in [5, 5.41) is 0. The average Bonchev–Trinajstić information content (AvgIpc) is 2.46. The number of benzene rings is 1. The third-order valence-corrected chi connectivity index (χ3v) is 3.16. The molecule has 1 aromatic carbocycles. The van der Waals surface area contributed by atoms with Crippen LogP contribution in [0.15, 0.2) is 42.7 Å². The van der Waals surface area contributed by atoms with E-state index < -0.39 is 0 Å². The zero-order chi connectivity index (χ0) is 13.8. The molecule has 1 saturated carbocycles. The van der Waals surface area contributed by atoms with E-state index in [9.17, 15) is 0 Å². The van der Waals surface area contributed by atoms with E-state index in [1.165, 1.54) is 0 Å². The molecule has 1 fully saturated rings. The largest absolute Gasteiger partial charge is 0.460 e. The molecule has 0 unspecified atom stereocenters. The maximum absolute atomic E-state index is 5.70. The van der Waals surface area contributed by atoms with Crippen LogP contribution < -0.4 is 4.74 Å². The van der Waals surface area contributed by atoms with Crippen LogP contribution in [0.25, 0.3) is 0 Å². The summed E-state index contributed by atoms with van der Waals surface area (Å²) in [5.41, 5.74) is 1.74. The van der Waals surface area contributed by atoms with E-state index in [4.69, 9.17) is 11.7 Å². The second kappa shape index (κ2) is 5.75. The second-order valence-electron chi connectivity index (χ2n) is 4.84. The fourth-order valence-corrected chi connectivity index (χ4v) is 1.96. The molecule has 0 spiro atoms. The van der Waals surface area contributed by atoms with Crippen molar-refractivity contribution in [2.75, 3.05) is 0 Å². The molecule has 98 valence electrons. The normalized spacial score (nSPS) is 20.4. The Morgan fingerprint density at radius 2 is 1.65 bits per heavy atom. The van der Waals surface area contributed by atoms with Crippen molar-refractivity contribution < 1.29 is 4.74 Å². The van der Waals surface area contributed by atoms with Crippen LogP contribution in [-0.2, 0) is 0 Å². The molecule has 1 aromatic heterocycles. The molecule has 20 heavy (non-hydrogen) atoms. The van der Waals surface area contributed by atoms with Crippen molar-refractivity contribution in [3.63, 3.8) is 0 Å². The minimum atomic E-state index is 0.159. The SMILES string of the molecule is [CH][C@H]1C[C@H](Oc2ncc(C#Cc3ccccc3)cn2)C1. The molecule has 0 amide bonds. The van der Waals surface area contributed by atoms with E-state index in [-0.39, 0.29) is 12.0 Å². The molecule has 3 nitrogen and oxygen atoms in total. The van der Waals surface area contributed by atoms with Gasteiger partial charge in [0.15, 0.2) is 0 Å². The zero-order valence-electron chi connectivity index (χ0n) is 11.0. The molecule has 1 aliphatic rings. The van der Waals surface area contributed by atoms with E-state index in [1.807, 2.05) is 30.3 Å². The Kier molecular flexibility index (Phi) is 3.64. The molecular formula is C17H14N2O. The molecule has 3 rings (SSSR count). The highest BCUT2D eigenvalue weighted by molar-refractivity contribution is 5.40. The molecule has 1 heterocycles. The average molecular weight is 262 g/mol. The lowest BCUT2D eigenvalue weighted by Gasteiger charge is -2.31. The van der Waals surface area contributed by atoms with Crippen molar-refractivity contribution in [3.8, 4) is 17.9 Å². The van der Waals surface area contributed by atoms with Gasteiger partial charge in [-0.25, -0.2) is 9.97 Å². The van der Waals surface area contributed by atoms with Gasteiger partial charge in [0.25, 0.3) is 0 Å². The Morgan fingerprint density at radius 3 is 2.30 bits per heavy atom. The monoisotopic (exact) mass is 262 g/mol. The first-order valence-electron chi connectivity index (χ1n) is 6.61. The van der Waals surface area contributed by atoms with Gasteiger partial charge >= 0.3 is 6.01 Å². The molecule has 0 N–H and O–H groups in total. The maximum atomic E-state index is 5.70. The fraction of sp³-hybridized carbons (Fsp3) is 0.235. The Morgan fingerprint density at radius 1 is 1.00 bits per heavy atom. The van der Waals surface area contributed by atoms with E-state index in [0.29, 0.717) is 6.01 Å². The minimum Gasteiger partial charge on any atom is -0.460 e. The van der Waals surface area contributed by atoms with E-state index >= 15 is 0 Å². The van der Waals surface area contributed by atoms with Gasteiger partial charge in [-0.3, -0.25) is 0 Å². The van der Waals surface area contributed by atoms with Gasteiger partial charge in [0.1, 0.15) is 6.10 Å². The third-order valence-electron chi connectivity index (χ3n) is 3.16. The first-order chi connectivity index (χ1) is 9.79. The van der Waals surface area contributed by atoms with Crippen LogP contribution in [0.3, 0.4) is 0 Å². The Bertz CT molecular complexity index is 620. The smallest absolute Gasteiger partial charge is 0.316 e. The van der Waals surface area contributed by atoms with Crippen molar-refractivity contribution in [1.29, 1.82) is 0 Å². The molecule has 2 aromatic rings. The van der Waals surface area contributed by atoms with Crippen LogP contribution >= 0.6 is 0 Å². The molecule has 0 atom stereocenters. The van der Waals surface area contributed by atoms with Crippen LogP contribution in [0.4, 0.5) is 0 Å². The van der Waals surface area contributed by atoms with Gasteiger partial charge in [-0.1, -0.05) is 30.0 Å². The number of nitrogens with zero attached hydrogens (tertiary/aromatic N) is 2. The van der Waals surface area contributed by atoms with Crippen LogP contribution in [0.1, 0.15) is 24.0 Å². The molecule has 0 aliphatic heterocycles. The number of hydrogen-bond acceptors (Lipinski definition) is 3. The number of ether oxygens (including phenoxy) is 1. The number of aromatic nitrogens is 2. The summed E-state index contributed by atoms with van der Waals surface area (Å²) in [6, 6.07) is 10.2. The fourth-order valence-electron chi connectivity index (χ4n) is 1.96. The molecule has 2 radical (unpaired) electrons. The Labute approximate surface area is 119 Å².